The summed E-state index contributed by atoms with van der Waals surface area (Å²) in [5, 5.41) is 2.72. The molecule has 1 rings (SSSR count). The van der Waals surface area contributed by atoms with Crippen molar-refractivity contribution in [2.45, 2.75) is 32.1 Å². The minimum Gasteiger partial charge on any atom is -0.366 e. The van der Waals surface area contributed by atoms with E-state index in [2.05, 4.69) is 5.32 Å². The highest BCUT2D eigenvalue weighted by Gasteiger charge is 2.09. The number of anilines is 1. The van der Waals surface area contributed by atoms with Crippen molar-refractivity contribution in [3.05, 3.63) is 29.8 Å². The van der Waals surface area contributed by atoms with Gasteiger partial charge < -0.3 is 11.1 Å². The molecule has 1 aromatic carbocycles. The van der Waals surface area contributed by atoms with Gasteiger partial charge in [-0.15, -0.1) is 11.6 Å². The van der Waals surface area contributed by atoms with Crippen molar-refractivity contribution >= 4 is 29.1 Å². The molecule has 19 heavy (non-hydrogen) atoms. The minimum absolute atomic E-state index is 0.0976. The Balaban J connectivity index is 2.42. The van der Waals surface area contributed by atoms with Crippen LogP contribution < -0.4 is 11.1 Å². The summed E-state index contributed by atoms with van der Waals surface area (Å²) >= 11 is 5.57. The summed E-state index contributed by atoms with van der Waals surface area (Å²) in [6.07, 6.45) is 4.26. The average Bonchev–Trinajstić information content (AvgIpc) is 2.39. The van der Waals surface area contributed by atoms with Crippen LogP contribution in [0.2, 0.25) is 0 Å². The number of benzene rings is 1. The number of halogens is 1. The second-order valence-corrected chi connectivity index (χ2v) is 4.69. The molecule has 5 heteroatoms. The molecule has 0 aliphatic heterocycles. The molecule has 0 saturated heterocycles. The van der Waals surface area contributed by atoms with E-state index in [0.29, 0.717) is 23.6 Å². The number of alkyl halides is 1. The third-order valence-electron chi connectivity index (χ3n) is 2.75. The monoisotopic (exact) mass is 282 g/mol. The zero-order chi connectivity index (χ0) is 14.1. The summed E-state index contributed by atoms with van der Waals surface area (Å²) in [6, 6.07) is 6.73. The van der Waals surface area contributed by atoms with E-state index in [1.807, 2.05) is 0 Å². The molecule has 2 amide bonds. The number of primary amides is 1. The van der Waals surface area contributed by atoms with Gasteiger partial charge in [0, 0.05) is 12.3 Å². The topological polar surface area (TPSA) is 72.2 Å². The molecule has 0 spiro atoms. The molecule has 0 bridgehead atoms. The molecule has 4 nitrogen and oxygen atoms in total. The molecule has 0 heterocycles. The molecule has 0 aromatic heterocycles. The number of nitrogens with one attached hydrogen (secondary N) is 1. The van der Waals surface area contributed by atoms with Crippen molar-refractivity contribution in [2.75, 3.05) is 11.2 Å². The fourth-order valence-corrected chi connectivity index (χ4v) is 1.94. The maximum atomic E-state index is 11.7. The van der Waals surface area contributed by atoms with Gasteiger partial charge in [-0.2, -0.15) is 0 Å². The third-order valence-corrected chi connectivity index (χ3v) is 3.02. The Morgan fingerprint density at radius 2 is 1.79 bits per heavy atom. The standard InChI is InChI=1S/C14H19ClN2O2/c15-10-6-2-1-3-9-13(18)17-12-8-5-4-7-11(12)14(16)19/h4-5,7-8H,1-3,6,9-10H2,(H2,16,19)(H,17,18). The first-order chi connectivity index (χ1) is 9.15. The van der Waals surface area contributed by atoms with E-state index in [9.17, 15) is 9.59 Å². The van der Waals surface area contributed by atoms with Crippen LogP contribution in [0.15, 0.2) is 24.3 Å². The van der Waals surface area contributed by atoms with Crippen LogP contribution in [0.1, 0.15) is 42.5 Å². The van der Waals surface area contributed by atoms with E-state index >= 15 is 0 Å². The van der Waals surface area contributed by atoms with Crippen LogP contribution in [0.25, 0.3) is 0 Å². The molecule has 0 fully saturated rings. The number of unbranched alkanes of at least 4 members (excludes halogenated alkanes) is 3. The minimum atomic E-state index is -0.544. The molecule has 104 valence electrons. The molecule has 1 aromatic rings. The summed E-state index contributed by atoms with van der Waals surface area (Å²) in [7, 11) is 0. The maximum Gasteiger partial charge on any atom is 0.250 e. The summed E-state index contributed by atoms with van der Waals surface area (Å²) in [5.41, 5.74) is 6.05. The van der Waals surface area contributed by atoms with Crippen LogP contribution in [0, 0.1) is 0 Å². The van der Waals surface area contributed by atoms with Gasteiger partial charge in [0.15, 0.2) is 0 Å². The van der Waals surface area contributed by atoms with Crippen molar-refractivity contribution in [1.82, 2.24) is 0 Å². The highest BCUT2D eigenvalue weighted by molar-refractivity contribution is 6.17. The molecular formula is C14H19ClN2O2. The number of carbonyl (C=O) groups is 2. The number of hydrogen-bond donors (Lipinski definition) is 2. The van der Waals surface area contributed by atoms with Crippen LogP contribution in [-0.2, 0) is 4.79 Å². The van der Waals surface area contributed by atoms with E-state index in [-0.39, 0.29) is 5.91 Å². The molecular weight excluding hydrogens is 264 g/mol. The number of para-hydroxylation sites is 1. The van der Waals surface area contributed by atoms with E-state index < -0.39 is 5.91 Å². The number of hydrogen-bond acceptors (Lipinski definition) is 2. The largest absolute Gasteiger partial charge is 0.366 e. The maximum absolute atomic E-state index is 11.7. The number of amides is 2. The summed E-state index contributed by atoms with van der Waals surface area (Å²) < 4.78 is 0. The van der Waals surface area contributed by atoms with Gasteiger partial charge in [0.05, 0.1) is 11.3 Å². The van der Waals surface area contributed by atoms with Crippen molar-refractivity contribution in [1.29, 1.82) is 0 Å². The zero-order valence-corrected chi connectivity index (χ0v) is 11.6. The Morgan fingerprint density at radius 3 is 2.47 bits per heavy atom. The summed E-state index contributed by atoms with van der Waals surface area (Å²) in [5.74, 6) is 0.0237. The van der Waals surface area contributed by atoms with E-state index in [0.717, 1.165) is 25.7 Å². The van der Waals surface area contributed by atoms with Crippen molar-refractivity contribution in [3.63, 3.8) is 0 Å². The molecule has 0 aliphatic carbocycles. The van der Waals surface area contributed by atoms with Crippen molar-refractivity contribution in [3.8, 4) is 0 Å². The molecule has 0 unspecified atom stereocenters. The Hall–Kier alpha value is -1.55. The Bertz CT molecular complexity index is 435. The smallest absolute Gasteiger partial charge is 0.250 e. The molecule has 0 saturated carbocycles. The first-order valence-electron chi connectivity index (χ1n) is 6.40. The van der Waals surface area contributed by atoms with Gasteiger partial charge in [0.1, 0.15) is 0 Å². The van der Waals surface area contributed by atoms with Gasteiger partial charge in [-0.3, -0.25) is 9.59 Å². The SMILES string of the molecule is NC(=O)c1ccccc1NC(=O)CCCCCCCl. The van der Waals surface area contributed by atoms with Crippen LogP contribution >= 0.6 is 11.6 Å². The zero-order valence-electron chi connectivity index (χ0n) is 10.8. The van der Waals surface area contributed by atoms with Gasteiger partial charge in [0.25, 0.3) is 5.91 Å². The number of carbonyl (C=O) groups excluding carboxylic acids is 2. The van der Waals surface area contributed by atoms with Crippen molar-refractivity contribution < 1.29 is 9.59 Å². The third kappa shape index (κ3) is 5.75. The second-order valence-electron chi connectivity index (χ2n) is 4.31. The summed E-state index contributed by atoms with van der Waals surface area (Å²) in [6.45, 7) is 0. The highest BCUT2D eigenvalue weighted by atomic mass is 35.5. The fraction of sp³-hybridized carbons (Fsp3) is 0.429. The number of nitrogens with two attached hydrogens (primary N) is 1. The van der Waals surface area contributed by atoms with Crippen LogP contribution in [0.3, 0.4) is 0 Å². The normalized spacial score (nSPS) is 10.2. The van der Waals surface area contributed by atoms with E-state index in [1.165, 1.54) is 0 Å². The van der Waals surface area contributed by atoms with E-state index in [1.54, 1.807) is 24.3 Å². The summed E-state index contributed by atoms with van der Waals surface area (Å²) in [4.78, 5) is 22.9. The Labute approximate surface area is 118 Å². The van der Waals surface area contributed by atoms with Crippen LogP contribution in [-0.4, -0.2) is 17.7 Å². The lowest BCUT2D eigenvalue weighted by molar-refractivity contribution is -0.116. The van der Waals surface area contributed by atoms with E-state index in [4.69, 9.17) is 17.3 Å². The van der Waals surface area contributed by atoms with Crippen LogP contribution in [0.5, 0.6) is 0 Å². The lowest BCUT2D eigenvalue weighted by Gasteiger charge is -2.08. The number of rotatable bonds is 8. The molecule has 0 aliphatic rings. The van der Waals surface area contributed by atoms with Gasteiger partial charge in [-0.05, 0) is 25.0 Å². The van der Waals surface area contributed by atoms with Gasteiger partial charge in [-0.25, -0.2) is 0 Å². The first-order valence-corrected chi connectivity index (χ1v) is 6.93. The van der Waals surface area contributed by atoms with Crippen molar-refractivity contribution in [2.24, 2.45) is 5.73 Å². The predicted molar refractivity (Wildman–Crippen MR) is 77.4 cm³/mol. The molecule has 0 atom stereocenters. The molecule has 3 N–H and O–H groups in total. The molecule has 0 radical (unpaired) electrons. The van der Waals surface area contributed by atoms with Gasteiger partial charge >= 0.3 is 0 Å². The van der Waals surface area contributed by atoms with Gasteiger partial charge in [0.2, 0.25) is 5.91 Å². The highest BCUT2D eigenvalue weighted by Crippen LogP contribution is 2.15. The Morgan fingerprint density at radius 1 is 1.11 bits per heavy atom. The second kappa shape index (κ2) is 8.53. The average molecular weight is 283 g/mol. The predicted octanol–water partition coefficient (Wildman–Crippen LogP) is 2.91. The van der Waals surface area contributed by atoms with Gasteiger partial charge in [-0.1, -0.05) is 25.0 Å². The quantitative estimate of drug-likeness (QED) is 0.568. The first kappa shape index (κ1) is 15.5. The fourth-order valence-electron chi connectivity index (χ4n) is 1.75. The lowest BCUT2D eigenvalue weighted by atomic mass is 10.1. The Kier molecular flexibility index (Phi) is 6.97. The lowest BCUT2D eigenvalue weighted by Crippen LogP contribution is -2.17. The van der Waals surface area contributed by atoms with Crippen LogP contribution in [0.4, 0.5) is 5.69 Å².